The quantitative estimate of drug-likeness (QED) is 0.788. The van der Waals surface area contributed by atoms with Crippen LogP contribution >= 0.6 is 15.9 Å². The molecule has 1 unspecified atom stereocenters. The van der Waals surface area contributed by atoms with Crippen LogP contribution in [-0.4, -0.2) is 53.0 Å². The minimum absolute atomic E-state index is 0.510. The zero-order valence-electron chi connectivity index (χ0n) is 10.9. The van der Waals surface area contributed by atoms with Crippen LogP contribution in [0, 0.1) is 0 Å². The van der Waals surface area contributed by atoms with Crippen molar-refractivity contribution in [3.63, 3.8) is 0 Å². The normalized spacial score (nSPS) is 17.4. The Labute approximate surface area is 116 Å². The van der Waals surface area contributed by atoms with Gasteiger partial charge in [0.05, 0.1) is 22.9 Å². The van der Waals surface area contributed by atoms with Gasteiger partial charge in [-0.2, -0.15) is 5.10 Å². The third kappa shape index (κ3) is 3.78. The molecule has 1 fully saturated rings. The molecule has 0 bridgehead atoms. The van der Waals surface area contributed by atoms with E-state index in [0.29, 0.717) is 12.6 Å². The van der Waals surface area contributed by atoms with Gasteiger partial charge >= 0.3 is 0 Å². The fraction of sp³-hybridized carbons (Fsp3) is 0.750. The van der Waals surface area contributed by atoms with E-state index in [1.807, 2.05) is 18.8 Å². The summed E-state index contributed by atoms with van der Waals surface area (Å²) < 4.78 is 2.76. The molecular formula is C12H21BrN4O. The van der Waals surface area contributed by atoms with E-state index in [1.54, 1.807) is 6.20 Å². The monoisotopic (exact) mass is 316 g/mol. The maximum Gasteiger partial charge on any atom is 0.109 e. The number of rotatable bonds is 7. The van der Waals surface area contributed by atoms with Crippen LogP contribution in [0.4, 0.5) is 0 Å². The van der Waals surface area contributed by atoms with E-state index < -0.39 is 6.10 Å². The van der Waals surface area contributed by atoms with Crippen molar-refractivity contribution in [2.45, 2.75) is 31.5 Å². The van der Waals surface area contributed by atoms with Gasteiger partial charge in [0.1, 0.15) is 6.10 Å². The van der Waals surface area contributed by atoms with Crippen molar-refractivity contribution in [3.8, 4) is 0 Å². The zero-order valence-corrected chi connectivity index (χ0v) is 12.5. The number of aromatic nitrogens is 2. The van der Waals surface area contributed by atoms with Crippen LogP contribution < -0.4 is 5.32 Å². The van der Waals surface area contributed by atoms with Crippen LogP contribution in [0.5, 0.6) is 0 Å². The average molecular weight is 317 g/mol. The Morgan fingerprint density at radius 3 is 2.94 bits per heavy atom. The summed E-state index contributed by atoms with van der Waals surface area (Å²) in [5.41, 5.74) is 0.866. The lowest BCUT2D eigenvalue weighted by Gasteiger charge is -2.16. The highest BCUT2D eigenvalue weighted by atomic mass is 79.9. The second-order valence-corrected chi connectivity index (χ2v) is 5.96. The second kappa shape index (κ2) is 6.14. The number of hydrogen-bond acceptors (Lipinski definition) is 4. The van der Waals surface area contributed by atoms with E-state index in [-0.39, 0.29) is 0 Å². The number of nitrogens with one attached hydrogen (secondary N) is 1. The maximum absolute atomic E-state index is 10.2. The van der Waals surface area contributed by atoms with Crippen LogP contribution in [0.25, 0.3) is 0 Å². The first kappa shape index (κ1) is 14.0. The lowest BCUT2D eigenvalue weighted by molar-refractivity contribution is 0.161. The molecule has 1 aliphatic rings. The first-order valence-electron chi connectivity index (χ1n) is 6.35. The van der Waals surface area contributed by atoms with Crippen molar-refractivity contribution in [1.82, 2.24) is 20.0 Å². The molecule has 1 aliphatic carbocycles. The highest BCUT2D eigenvalue weighted by molar-refractivity contribution is 9.10. The molecule has 0 radical (unpaired) electrons. The van der Waals surface area contributed by atoms with Crippen LogP contribution in [0.15, 0.2) is 10.7 Å². The summed E-state index contributed by atoms with van der Waals surface area (Å²) in [4.78, 5) is 2.11. The lowest BCUT2D eigenvalue weighted by Crippen LogP contribution is -2.26. The highest BCUT2D eigenvalue weighted by Gasteiger charge is 2.24. The third-order valence-corrected chi connectivity index (χ3v) is 3.70. The van der Waals surface area contributed by atoms with Crippen molar-refractivity contribution in [2.75, 3.05) is 27.2 Å². The average Bonchev–Trinajstić information content (AvgIpc) is 3.07. The van der Waals surface area contributed by atoms with Gasteiger partial charge in [0.2, 0.25) is 0 Å². The van der Waals surface area contributed by atoms with Gasteiger partial charge in [0, 0.05) is 19.1 Å². The Morgan fingerprint density at radius 2 is 2.33 bits per heavy atom. The van der Waals surface area contributed by atoms with Crippen molar-refractivity contribution < 1.29 is 5.11 Å². The summed E-state index contributed by atoms with van der Waals surface area (Å²) in [6.07, 6.45) is 3.71. The molecule has 1 saturated carbocycles. The summed E-state index contributed by atoms with van der Waals surface area (Å²) in [6, 6.07) is 0.608. The molecular weight excluding hydrogens is 296 g/mol. The highest BCUT2D eigenvalue weighted by Crippen LogP contribution is 2.24. The Balaban J connectivity index is 1.97. The predicted molar refractivity (Wildman–Crippen MR) is 74.5 cm³/mol. The van der Waals surface area contributed by atoms with Gasteiger partial charge in [-0.05, 0) is 42.9 Å². The van der Waals surface area contributed by atoms with Crippen molar-refractivity contribution in [2.24, 2.45) is 0 Å². The van der Waals surface area contributed by atoms with Crippen LogP contribution in [0.3, 0.4) is 0 Å². The number of aliphatic hydroxyl groups is 1. The fourth-order valence-electron chi connectivity index (χ4n) is 1.84. The summed E-state index contributed by atoms with van der Waals surface area (Å²) in [5, 5.41) is 17.9. The van der Waals surface area contributed by atoms with E-state index in [2.05, 4.69) is 31.2 Å². The largest absolute Gasteiger partial charge is 0.385 e. The van der Waals surface area contributed by atoms with E-state index in [9.17, 15) is 5.11 Å². The molecule has 1 aromatic rings. The van der Waals surface area contributed by atoms with Crippen molar-refractivity contribution in [1.29, 1.82) is 0 Å². The number of aliphatic hydroxyl groups excluding tert-OH is 1. The third-order valence-electron chi connectivity index (χ3n) is 3.09. The molecule has 0 amide bonds. The molecule has 2 N–H and O–H groups in total. The van der Waals surface area contributed by atoms with Gasteiger partial charge in [-0.3, -0.25) is 4.68 Å². The second-order valence-electron chi connectivity index (χ2n) is 5.10. The van der Waals surface area contributed by atoms with Crippen LogP contribution in [0.2, 0.25) is 0 Å². The SMILES string of the molecule is CN(C)CCn1ncc(Br)c1C(O)CNC1CC1. The molecule has 102 valence electrons. The van der Waals surface area contributed by atoms with E-state index in [1.165, 1.54) is 12.8 Å². The lowest BCUT2D eigenvalue weighted by atomic mass is 10.2. The molecule has 0 spiro atoms. The Hall–Kier alpha value is -0.430. The molecule has 1 aromatic heterocycles. The van der Waals surface area contributed by atoms with Crippen LogP contribution in [0.1, 0.15) is 24.6 Å². The molecule has 6 heteroatoms. The van der Waals surface area contributed by atoms with E-state index in [0.717, 1.165) is 23.3 Å². The minimum atomic E-state index is -0.510. The summed E-state index contributed by atoms with van der Waals surface area (Å²) in [7, 11) is 4.06. The Morgan fingerprint density at radius 1 is 1.61 bits per heavy atom. The number of halogens is 1. The molecule has 5 nitrogen and oxygen atoms in total. The van der Waals surface area contributed by atoms with E-state index in [4.69, 9.17) is 0 Å². The Bertz CT molecular complexity index is 389. The first-order chi connectivity index (χ1) is 8.58. The molecule has 1 heterocycles. The fourth-order valence-corrected chi connectivity index (χ4v) is 2.40. The first-order valence-corrected chi connectivity index (χ1v) is 7.14. The van der Waals surface area contributed by atoms with Crippen molar-refractivity contribution >= 4 is 15.9 Å². The van der Waals surface area contributed by atoms with Gasteiger partial charge in [-0.1, -0.05) is 0 Å². The van der Waals surface area contributed by atoms with Gasteiger partial charge in [0.15, 0.2) is 0 Å². The summed E-state index contributed by atoms with van der Waals surface area (Å²) >= 11 is 3.46. The Kier molecular flexibility index (Phi) is 4.77. The standard InChI is InChI=1S/C12H21BrN4O/c1-16(2)5-6-17-12(10(13)7-15-17)11(18)8-14-9-3-4-9/h7,9,11,14,18H,3-6,8H2,1-2H3. The van der Waals surface area contributed by atoms with Gasteiger partial charge in [-0.15, -0.1) is 0 Å². The van der Waals surface area contributed by atoms with Gasteiger partial charge in [-0.25, -0.2) is 0 Å². The predicted octanol–water partition coefficient (Wildman–Crippen LogP) is 0.993. The van der Waals surface area contributed by atoms with Crippen molar-refractivity contribution in [3.05, 3.63) is 16.4 Å². The topological polar surface area (TPSA) is 53.3 Å². The minimum Gasteiger partial charge on any atom is -0.385 e. The molecule has 1 atom stereocenters. The van der Waals surface area contributed by atoms with E-state index >= 15 is 0 Å². The number of likely N-dealkylation sites (N-methyl/N-ethyl adjacent to an activating group) is 1. The van der Waals surface area contributed by atoms with Gasteiger partial charge < -0.3 is 15.3 Å². The number of hydrogen-bond donors (Lipinski definition) is 2. The summed E-state index contributed by atoms with van der Waals surface area (Å²) in [6.45, 7) is 2.29. The molecule has 0 aliphatic heterocycles. The zero-order chi connectivity index (χ0) is 13.1. The number of nitrogens with zero attached hydrogens (tertiary/aromatic N) is 3. The summed E-state index contributed by atoms with van der Waals surface area (Å²) in [5.74, 6) is 0. The molecule has 2 rings (SSSR count). The molecule has 0 aromatic carbocycles. The maximum atomic E-state index is 10.2. The smallest absolute Gasteiger partial charge is 0.109 e. The molecule has 0 saturated heterocycles. The molecule has 18 heavy (non-hydrogen) atoms. The van der Waals surface area contributed by atoms with Gasteiger partial charge in [0.25, 0.3) is 0 Å². The van der Waals surface area contributed by atoms with Crippen LogP contribution in [-0.2, 0) is 6.54 Å².